The first kappa shape index (κ1) is 41.2. The van der Waals surface area contributed by atoms with Crippen molar-refractivity contribution >= 4 is 41.7 Å². The molecule has 11 nitrogen and oxygen atoms in total. The molecule has 0 spiro atoms. The molecule has 268 valence electrons. The summed E-state index contributed by atoms with van der Waals surface area (Å²) in [6, 6.07) is 33.1. The fourth-order valence-corrected chi connectivity index (χ4v) is 8.36. The van der Waals surface area contributed by atoms with Gasteiger partial charge < -0.3 is 14.4 Å². The first-order chi connectivity index (χ1) is 24.1. The minimum atomic E-state index is -4.85. The zero-order chi connectivity index (χ0) is 37.0. The molecule has 0 radical (unpaired) electrons. The van der Waals surface area contributed by atoms with Crippen LogP contribution >= 0.6 is 0 Å². The van der Waals surface area contributed by atoms with E-state index < -0.39 is 36.3 Å². The van der Waals surface area contributed by atoms with E-state index in [0.29, 0.717) is 35.3 Å². The number of anilines is 2. The Morgan fingerprint density at radius 2 is 0.885 bits per heavy atom. The Bertz CT molecular complexity index is 2210. The molecule has 0 fully saturated rings. The van der Waals surface area contributed by atoms with Gasteiger partial charge in [0.15, 0.2) is 0 Å². The monoisotopic (exact) mass is 772 g/mol. The Balaban J connectivity index is 0.00000605. The van der Waals surface area contributed by atoms with Crippen LogP contribution < -0.4 is 39.4 Å². The third-order valence-electron chi connectivity index (χ3n) is 8.67. The predicted molar refractivity (Wildman–Crippen MR) is 194 cm³/mol. The zero-order valence-corrected chi connectivity index (χ0v) is 33.3. The van der Waals surface area contributed by atoms with Gasteiger partial charge in [-0.1, -0.05) is 78.9 Å². The second-order valence-electron chi connectivity index (χ2n) is 11.8. The Labute approximate surface area is 327 Å². The van der Waals surface area contributed by atoms with Crippen LogP contribution in [0.1, 0.15) is 47.6 Å². The van der Waals surface area contributed by atoms with Crippen LogP contribution in [0.2, 0.25) is 0 Å². The van der Waals surface area contributed by atoms with Crippen LogP contribution in [-0.2, 0) is 43.4 Å². The molecule has 0 aromatic heterocycles. The van der Waals surface area contributed by atoms with Crippen LogP contribution in [-0.4, -0.2) is 52.0 Å². The molecule has 0 aliphatic rings. The van der Waals surface area contributed by atoms with Crippen LogP contribution in [0, 0.1) is 0 Å². The summed E-state index contributed by atoms with van der Waals surface area (Å²) in [5.41, 5.74) is 3.99. The van der Waals surface area contributed by atoms with Crippen molar-refractivity contribution in [3.63, 3.8) is 0 Å². The number of rotatable bonds is 14. The molecule has 0 bridgehead atoms. The van der Waals surface area contributed by atoms with Crippen molar-refractivity contribution < 1.29 is 68.5 Å². The SMILES string of the molecule is CCN(Cc1ccccc1S(=O)(=O)O)c1ccc(C(c2ccc(N(CC)Cc3ccccc3S(=O)(=O)O)cc2)c2ccccc2S(=O)(=O)[O-])cc1.[Na+]. The summed E-state index contributed by atoms with van der Waals surface area (Å²) in [7, 11) is -13.7. The molecule has 0 unspecified atom stereocenters. The van der Waals surface area contributed by atoms with E-state index in [1.807, 2.05) is 72.2 Å². The Morgan fingerprint density at radius 3 is 1.23 bits per heavy atom. The van der Waals surface area contributed by atoms with Gasteiger partial charge in [0.25, 0.3) is 20.2 Å². The number of hydrogen-bond acceptors (Lipinski definition) is 9. The zero-order valence-electron chi connectivity index (χ0n) is 28.8. The topological polar surface area (TPSA) is 172 Å². The molecule has 2 N–H and O–H groups in total. The molecule has 5 rings (SSSR count). The van der Waals surface area contributed by atoms with Crippen LogP contribution in [0.5, 0.6) is 0 Å². The van der Waals surface area contributed by atoms with E-state index in [9.17, 15) is 38.9 Å². The Hall–Kier alpha value is -3.57. The molecule has 0 amide bonds. The van der Waals surface area contributed by atoms with Gasteiger partial charge in [0.05, 0.1) is 14.7 Å². The van der Waals surface area contributed by atoms with E-state index in [-0.39, 0.29) is 62.9 Å². The minimum Gasteiger partial charge on any atom is -0.744 e. The van der Waals surface area contributed by atoms with Crippen LogP contribution in [0.3, 0.4) is 0 Å². The van der Waals surface area contributed by atoms with E-state index >= 15 is 0 Å². The summed E-state index contributed by atoms with van der Waals surface area (Å²) in [6.45, 7) is 5.20. The van der Waals surface area contributed by atoms with Crippen molar-refractivity contribution in [2.75, 3.05) is 22.9 Å². The molecule has 0 saturated heterocycles. The molecule has 5 aromatic carbocycles. The Morgan fingerprint density at radius 1 is 0.538 bits per heavy atom. The summed E-state index contributed by atoms with van der Waals surface area (Å²) in [6.07, 6.45) is 0. The molecular formula is C37H37N2NaO9S3. The standard InChI is InChI=1S/C37H38N2O9S3.Na/c1-3-38(25-29-11-5-8-14-34(29)49(40,41)42)31-21-17-27(18-22-31)37(33-13-7-10-16-36(33)51(46,47)48)28-19-23-32(24-20-28)39(4-2)26-30-12-6-9-15-35(30)50(43,44)45;/h5-24,37H,3-4,25-26H2,1-2H3,(H,40,41,42)(H,43,44,45)(H,46,47,48);/q;+1/p-1. The summed E-state index contributed by atoms with van der Waals surface area (Å²) in [4.78, 5) is 3.14. The van der Waals surface area contributed by atoms with Gasteiger partial charge in [-0.15, -0.1) is 0 Å². The van der Waals surface area contributed by atoms with Gasteiger partial charge in [0, 0.05) is 43.5 Å². The molecule has 52 heavy (non-hydrogen) atoms. The van der Waals surface area contributed by atoms with Crippen molar-refractivity contribution in [3.8, 4) is 0 Å². The van der Waals surface area contributed by atoms with Crippen molar-refractivity contribution in [3.05, 3.63) is 149 Å². The first-order valence-electron chi connectivity index (χ1n) is 16.0. The molecule has 0 saturated carbocycles. The van der Waals surface area contributed by atoms with Crippen molar-refractivity contribution in [1.29, 1.82) is 0 Å². The maximum Gasteiger partial charge on any atom is 1.00 e. The largest absolute Gasteiger partial charge is 1.00 e. The molecular weight excluding hydrogens is 736 g/mol. The number of hydrogen-bond donors (Lipinski definition) is 2. The first-order valence-corrected chi connectivity index (χ1v) is 20.3. The van der Waals surface area contributed by atoms with E-state index in [0.717, 1.165) is 11.4 Å². The van der Waals surface area contributed by atoms with Gasteiger partial charge in [-0.25, -0.2) is 8.42 Å². The smallest absolute Gasteiger partial charge is 0.744 e. The third-order valence-corrected chi connectivity index (χ3v) is 11.5. The molecule has 0 atom stereocenters. The van der Waals surface area contributed by atoms with Crippen molar-refractivity contribution in [1.82, 2.24) is 0 Å². The maximum atomic E-state index is 12.4. The van der Waals surface area contributed by atoms with Gasteiger partial charge in [-0.3, -0.25) is 9.11 Å². The average molecular weight is 773 g/mol. The quantitative estimate of drug-likeness (QED) is 0.0964. The van der Waals surface area contributed by atoms with Gasteiger partial charge in [-0.2, -0.15) is 16.8 Å². The normalized spacial score (nSPS) is 12.0. The number of benzene rings is 5. The third kappa shape index (κ3) is 9.69. The van der Waals surface area contributed by atoms with E-state index in [2.05, 4.69) is 0 Å². The second kappa shape index (κ2) is 17.1. The van der Waals surface area contributed by atoms with Gasteiger partial charge in [-0.05, 0) is 84.1 Å². The minimum absolute atomic E-state index is 0. The van der Waals surface area contributed by atoms with Gasteiger partial charge in [0.2, 0.25) is 0 Å². The summed E-state index contributed by atoms with van der Waals surface area (Å²) in [5, 5.41) is 0. The predicted octanol–water partition coefficient (Wildman–Crippen LogP) is 3.32. The van der Waals surface area contributed by atoms with Crippen LogP contribution in [0.4, 0.5) is 11.4 Å². The van der Waals surface area contributed by atoms with E-state index in [1.54, 1.807) is 36.4 Å². The van der Waals surface area contributed by atoms with Crippen LogP contribution in [0.15, 0.2) is 136 Å². The summed E-state index contributed by atoms with van der Waals surface area (Å²) in [5.74, 6) is -0.682. The maximum absolute atomic E-state index is 12.4. The summed E-state index contributed by atoms with van der Waals surface area (Å²) >= 11 is 0. The fraction of sp³-hybridized carbons (Fsp3) is 0.189. The molecule has 5 aromatic rings. The van der Waals surface area contributed by atoms with E-state index in [1.165, 1.54) is 36.4 Å². The number of nitrogens with zero attached hydrogens (tertiary/aromatic N) is 2. The fourth-order valence-electron chi connectivity index (χ4n) is 6.21. The molecule has 0 aliphatic carbocycles. The Kier molecular flexibility index (Phi) is 13.5. The van der Waals surface area contributed by atoms with Crippen LogP contribution in [0.25, 0.3) is 0 Å². The van der Waals surface area contributed by atoms with E-state index in [4.69, 9.17) is 0 Å². The molecule has 15 heteroatoms. The summed E-state index contributed by atoms with van der Waals surface area (Å²) < 4.78 is 105. The van der Waals surface area contributed by atoms with Gasteiger partial charge >= 0.3 is 29.6 Å². The van der Waals surface area contributed by atoms with Gasteiger partial charge in [0.1, 0.15) is 10.1 Å². The van der Waals surface area contributed by atoms with Crippen molar-refractivity contribution in [2.45, 2.75) is 47.5 Å². The van der Waals surface area contributed by atoms with Crippen molar-refractivity contribution in [2.24, 2.45) is 0 Å². The molecule has 0 heterocycles. The second-order valence-corrected chi connectivity index (χ2v) is 15.9. The average Bonchev–Trinajstić information content (AvgIpc) is 3.10. The molecule has 0 aliphatic heterocycles.